The van der Waals surface area contributed by atoms with Crippen molar-refractivity contribution in [1.29, 1.82) is 0 Å². The van der Waals surface area contributed by atoms with E-state index in [4.69, 9.17) is 4.74 Å². The van der Waals surface area contributed by atoms with E-state index < -0.39 is 6.36 Å². The Bertz CT molecular complexity index is 890. The van der Waals surface area contributed by atoms with Crippen molar-refractivity contribution in [2.45, 2.75) is 64.8 Å². The fraction of sp³-hybridized carbons (Fsp3) is 0.565. The second kappa shape index (κ2) is 8.55. The van der Waals surface area contributed by atoms with E-state index in [0.717, 1.165) is 31.6 Å². The minimum atomic E-state index is -4.72. The molecule has 1 aromatic heterocycles. The quantitative estimate of drug-likeness (QED) is 0.560. The van der Waals surface area contributed by atoms with Gasteiger partial charge >= 0.3 is 6.36 Å². The maximum Gasteiger partial charge on any atom is 0.573 e. The molecule has 2 saturated carbocycles. The molecule has 0 spiro atoms. The topological polar surface area (TPSA) is 56.3 Å². The van der Waals surface area contributed by atoms with Crippen LogP contribution in [0.25, 0.3) is 11.1 Å². The molecule has 2 aliphatic carbocycles. The van der Waals surface area contributed by atoms with E-state index in [1.165, 1.54) is 25.0 Å². The third kappa shape index (κ3) is 6.02. The third-order valence-corrected chi connectivity index (χ3v) is 6.16. The molecule has 4 rings (SSSR count). The summed E-state index contributed by atoms with van der Waals surface area (Å²) in [6, 6.07) is 6.02. The first-order valence-electron chi connectivity index (χ1n) is 10.8. The highest BCUT2D eigenvalue weighted by molar-refractivity contribution is 5.69. The highest BCUT2D eigenvalue weighted by atomic mass is 19.4. The van der Waals surface area contributed by atoms with Gasteiger partial charge in [0.1, 0.15) is 5.75 Å². The highest BCUT2D eigenvalue weighted by Gasteiger charge is 2.38. The number of ether oxygens (including phenoxy) is 2. The van der Waals surface area contributed by atoms with E-state index in [1.807, 2.05) is 0 Å². The van der Waals surface area contributed by atoms with Gasteiger partial charge < -0.3 is 14.8 Å². The number of anilines is 1. The number of aromatic nitrogens is 2. The fourth-order valence-electron chi connectivity index (χ4n) is 3.77. The van der Waals surface area contributed by atoms with Crippen LogP contribution in [0, 0.1) is 11.3 Å². The molecule has 5 nitrogen and oxygen atoms in total. The molecule has 0 amide bonds. The van der Waals surface area contributed by atoms with Crippen LogP contribution < -0.4 is 14.8 Å². The minimum Gasteiger partial charge on any atom is -0.477 e. The molecule has 2 aromatic rings. The summed E-state index contributed by atoms with van der Waals surface area (Å²) >= 11 is 0. The van der Waals surface area contributed by atoms with Crippen LogP contribution in [-0.2, 0) is 0 Å². The predicted molar refractivity (Wildman–Crippen MR) is 112 cm³/mol. The van der Waals surface area contributed by atoms with Crippen LogP contribution >= 0.6 is 0 Å². The standard InChI is InChI=1S/C23H28F3N3O2/c1-15-3-7-17(8-4-15)28-21-27-13-19(20(29-21)30-14-22(2)11-12-22)16-5-9-18(10-6-16)31-23(24,25)26/h5-6,9-10,13,15,17H,3-4,7-8,11-12,14H2,1-2H3,(H,27,28,29). The summed E-state index contributed by atoms with van der Waals surface area (Å²) in [7, 11) is 0. The Morgan fingerprint density at radius 2 is 1.77 bits per heavy atom. The molecule has 31 heavy (non-hydrogen) atoms. The lowest BCUT2D eigenvalue weighted by atomic mass is 9.87. The zero-order valence-electron chi connectivity index (χ0n) is 17.8. The van der Waals surface area contributed by atoms with Crippen molar-refractivity contribution in [2.24, 2.45) is 11.3 Å². The molecule has 0 atom stereocenters. The SMILES string of the molecule is CC1CCC(Nc2ncc(-c3ccc(OC(F)(F)F)cc3)c(OCC3(C)CC3)n2)CC1. The molecule has 2 aliphatic rings. The Morgan fingerprint density at radius 1 is 1.10 bits per heavy atom. The first-order chi connectivity index (χ1) is 14.7. The highest BCUT2D eigenvalue weighted by Crippen LogP contribution is 2.45. The number of halogens is 3. The fourth-order valence-corrected chi connectivity index (χ4v) is 3.77. The van der Waals surface area contributed by atoms with Gasteiger partial charge in [0.15, 0.2) is 0 Å². The first kappa shape index (κ1) is 21.7. The first-order valence-corrected chi connectivity index (χ1v) is 10.8. The number of rotatable bonds is 7. The van der Waals surface area contributed by atoms with Gasteiger partial charge in [-0.05, 0) is 62.1 Å². The molecular weight excluding hydrogens is 407 g/mol. The minimum absolute atomic E-state index is 0.166. The molecule has 1 aromatic carbocycles. The van der Waals surface area contributed by atoms with E-state index in [-0.39, 0.29) is 11.2 Å². The summed E-state index contributed by atoms with van der Waals surface area (Å²) < 4.78 is 47.3. The number of nitrogens with one attached hydrogen (secondary N) is 1. The third-order valence-electron chi connectivity index (χ3n) is 6.16. The van der Waals surface area contributed by atoms with Crippen LogP contribution in [0.1, 0.15) is 52.4 Å². The smallest absolute Gasteiger partial charge is 0.477 e. The molecule has 1 heterocycles. The van der Waals surface area contributed by atoms with Crippen LogP contribution in [0.5, 0.6) is 11.6 Å². The Hall–Kier alpha value is -2.51. The van der Waals surface area contributed by atoms with E-state index in [1.54, 1.807) is 18.3 Å². The van der Waals surface area contributed by atoms with Crippen LogP contribution in [0.3, 0.4) is 0 Å². The summed E-state index contributed by atoms with van der Waals surface area (Å²) in [6.45, 7) is 4.99. The molecule has 2 fully saturated rings. The lowest BCUT2D eigenvalue weighted by molar-refractivity contribution is -0.274. The van der Waals surface area contributed by atoms with Gasteiger partial charge in [0, 0.05) is 17.7 Å². The monoisotopic (exact) mass is 435 g/mol. The molecule has 0 saturated heterocycles. The zero-order valence-corrected chi connectivity index (χ0v) is 17.8. The van der Waals surface area contributed by atoms with Gasteiger partial charge in [-0.1, -0.05) is 26.0 Å². The van der Waals surface area contributed by atoms with Crippen LogP contribution in [-0.4, -0.2) is 29.0 Å². The number of alkyl halides is 3. The molecule has 1 N–H and O–H groups in total. The van der Waals surface area contributed by atoms with Crippen LogP contribution in [0.15, 0.2) is 30.5 Å². The molecular formula is C23H28F3N3O2. The van der Waals surface area contributed by atoms with Crippen LogP contribution in [0.4, 0.5) is 19.1 Å². The summed E-state index contributed by atoms with van der Waals surface area (Å²) in [5, 5.41) is 3.42. The summed E-state index contributed by atoms with van der Waals surface area (Å²) in [5.74, 6) is 1.45. The Balaban J connectivity index is 1.54. The Kier molecular flexibility index (Phi) is 5.99. The normalized spacial score (nSPS) is 22.6. The number of hydrogen-bond acceptors (Lipinski definition) is 5. The summed E-state index contributed by atoms with van der Waals surface area (Å²) in [5.41, 5.74) is 1.48. The molecule has 8 heteroatoms. The van der Waals surface area contributed by atoms with Gasteiger partial charge in [0.25, 0.3) is 0 Å². The lowest BCUT2D eigenvalue weighted by Gasteiger charge is -2.27. The van der Waals surface area contributed by atoms with Gasteiger partial charge in [-0.2, -0.15) is 4.98 Å². The average Bonchev–Trinajstić information content (AvgIpc) is 3.46. The predicted octanol–water partition coefficient (Wildman–Crippen LogP) is 6.21. The van der Waals surface area contributed by atoms with E-state index in [9.17, 15) is 13.2 Å². The van der Waals surface area contributed by atoms with E-state index >= 15 is 0 Å². The van der Waals surface area contributed by atoms with Gasteiger partial charge in [0.2, 0.25) is 11.8 Å². The molecule has 0 bridgehead atoms. The van der Waals surface area contributed by atoms with Crippen molar-refractivity contribution >= 4 is 5.95 Å². The molecule has 0 unspecified atom stereocenters. The van der Waals surface area contributed by atoms with Crippen LogP contribution in [0.2, 0.25) is 0 Å². The average molecular weight is 435 g/mol. The molecule has 168 valence electrons. The van der Waals surface area contributed by atoms with Gasteiger partial charge in [-0.3, -0.25) is 0 Å². The maximum atomic E-state index is 12.4. The van der Waals surface area contributed by atoms with Crippen molar-refractivity contribution in [3.05, 3.63) is 30.5 Å². The van der Waals surface area contributed by atoms with E-state index in [2.05, 4.69) is 33.9 Å². The Labute approximate surface area is 180 Å². The van der Waals surface area contributed by atoms with Crippen molar-refractivity contribution in [2.75, 3.05) is 11.9 Å². The van der Waals surface area contributed by atoms with Gasteiger partial charge in [-0.25, -0.2) is 4.98 Å². The molecule has 0 radical (unpaired) electrons. The summed E-state index contributed by atoms with van der Waals surface area (Å²) in [6.07, 6.45) is 3.72. The largest absolute Gasteiger partial charge is 0.573 e. The maximum absolute atomic E-state index is 12.4. The molecule has 0 aliphatic heterocycles. The van der Waals surface area contributed by atoms with E-state index in [0.29, 0.717) is 35.6 Å². The number of hydrogen-bond donors (Lipinski definition) is 1. The second-order valence-corrected chi connectivity index (χ2v) is 9.19. The van der Waals surface area contributed by atoms with Crippen molar-refractivity contribution in [3.8, 4) is 22.8 Å². The summed E-state index contributed by atoms with van der Waals surface area (Å²) in [4.78, 5) is 9.08. The van der Waals surface area contributed by atoms with Crippen molar-refractivity contribution in [3.63, 3.8) is 0 Å². The van der Waals surface area contributed by atoms with Crippen molar-refractivity contribution in [1.82, 2.24) is 9.97 Å². The second-order valence-electron chi connectivity index (χ2n) is 9.19. The number of nitrogens with zero attached hydrogens (tertiary/aromatic N) is 2. The van der Waals surface area contributed by atoms with Gasteiger partial charge in [0.05, 0.1) is 12.2 Å². The van der Waals surface area contributed by atoms with Crippen molar-refractivity contribution < 1.29 is 22.6 Å². The Morgan fingerprint density at radius 3 is 2.39 bits per heavy atom. The lowest BCUT2D eigenvalue weighted by Crippen LogP contribution is -2.26. The number of benzene rings is 1. The van der Waals surface area contributed by atoms with Gasteiger partial charge in [-0.15, -0.1) is 13.2 Å². The zero-order chi connectivity index (χ0) is 22.1.